The molecule has 2 amide bonds. The molecular formula is C36H39F2N7O5S2. The van der Waals surface area contributed by atoms with Crippen LogP contribution in [0.3, 0.4) is 0 Å². The number of nitriles is 1. The number of carbonyl (C=O) groups excluding carboxylic acids is 2. The number of nitrogens with zero attached hydrogens (tertiary/aromatic N) is 6. The molecule has 0 radical (unpaired) electrons. The van der Waals surface area contributed by atoms with E-state index < -0.39 is 28.9 Å². The second-order valence-corrected chi connectivity index (χ2v) is 17.3. The standard InChI is InChI=1S/C36H39F2N7O5S2/c1-8-51-32-41-28-25(30(42-32)45-17-9-10-18(45)14-44(13-17)34(47)50-36(5,6)7)21-16-48-15-20(21)23(26(28)38)27-24-19(11-39)31(43-33(46)49-35(2,3)4)52-29(24)22(37)12-40-27/h12,17-18H,8-10,13-16H2,1-7H3,(H,43,46)/t17-,18+. The molecule has 0 saturated carbocycles. The maximum Gasteiger partial charge on any atom is 0.412 e. The van der Waals surface area contributed by atoms with Crippen molar-refractivity contribution in [3.63, 3.8) is 0 Å². The molecule has 7 rings (SSSR count). The van der Waals surface area contributed by atoms with Crippen LogP contribution in [0.25, 0.3) is 32.2 Å². The number of aromatic nitrogens is 3. The van der Waals surface area contributed by atoms with Crippen LogP contribution < -0.4 is 10.2 Å². The summed E-state index contributed by atoms with van der Waals surface area (Å²) >= 11 is 2.23. The number of thiophene rings is 1. The van der Waals surface area contributed by atoms with E-state index in [2.05, 4.69) is 21.3 Å². The Bertz CT molecular complexity index is 2160. The van der Waals surface area contributed by atoms with Crippen molar-refractivity contribution in [3.8, 4) is 17.3 Å². The van der Waals surface area contributed by atoms with Crippen LogP contribution in [0.2, 0.25) is 0 Å². The summed E-state index contributed by atoms with van der Waals surface area (Å²) in [6.45, 7) is 13.6. The van der Waals surface area contributed by atoms with Gasteiger partial charge in [0.25, 0.3) is 0 Å². The first-order valence-corrected chi connectivity index (χ1v) is 18.9. The smallest absolute Gasteiger partial charge is 0.412 e. The summed E-state index contributed by atoms with van der Waals surface area (Å²) < 4.78 is 49.9. The zero-order chi connectivity index (χ0) is 37.3. The number of fused-ring (bicyclic) bond motifs is 6. The van der Waals surface area contributed by atoms with Gasteiger partial charge in [-0.25, -0.2) is 28.3 Å². The lowest BCUT2D eigenvalue weighted by Gasteiger charge is -2.42. The number of pyridine rings is 1. The zero-order valence-electron chi connectivity index (χ0n) is 30.0. The van der Waals surface area contributed by atoms with Gasteiger partial charge in [0, 0.05) is 36.1 Å². The third kappa shape index (κ3) is 6.47. The summed E-state index contributed by atoms with van der Waals surface area (Å²) in [6, 6.07) is 1.91. The quantitative estimate of drug-likeness (QED) is 0.156. The summed E-state index contributed by atoms with van der Waals surface area (Å²) in [7, 11) is 0. The summed E-state index contributed by atoms with van der Waals surface area (Å²) in [5.74, 6) is -0.198. The summed E-state index contributed by atoms with van der Waals surface area (Å²) in [5.41, 5.74) is -0.167. The number of ether oxygens (including phenoxy) is 3. The van der Waals surface area contributed by atoms with Gasteiger partial charge in [0.05, 0.1) is 40.8 Å². The number of thioether (sulfide) groups is 1. The number of likely N-dealkylation sites (tertiary alicyclic amines) is 1. The Kier molecular flexibility index (Phi) is 9.19. The van der Waals surface area contributed by atoms with Crippen molar-refractivity contribution in [3.05, 3.63) is 34.5 Å². The summed E-state index contributed by atoms with van der Waals surface area (Å²) in [5, 5.41) is 13.9. The Morgan fingerprint density at radius 3 is 2.37 bits per heavy atom. The normalized spacial score (nSPS) is 18.5. The number of benzene rings is 1. The highest BCUT2D eigenvalue weighted by molar-refractivity contribution is 7.99. The van der Waals surface area contributed by atoms with Crippen LogP contribution in [-0.4, -0.2) is 74.2 Å². The average Bonchev–Trinajstić information content (AvgIpc) is 3.74. The molecule has 274 valence electrons. The predicted molar refractivity (Wildman–Crippen MR) is 195 cm³/mol. The number of hydrogen-bond donors (Lipinski definition) is 1. The van der Waals surface area contributed by atoms with Gasteiger partial charge in [0.2, 0.25) is 0 Å². The van der Waals surface area contributed by atoms with Gasteiger partial charge >= 0.3 is 12.2 Å². The average molecular weight is 752 g/mol. The van der Waals surface area contributed by atoms with Crippen molar-refractivity contribution in [1.82, 2.24) is 19.9 Å². The number of amides is 2. The van der Waals surface area contributed by atoms with Crippen molar-refractivity contribution >= 4 is 67.1 Å². The minimum Gasteiger partial charge on any atom is -0.444 e. The highest BCUT2D eigenvalue weighted by atomic mass is 32.2. The maximum absolute atomic E-state index is 17.4. The third-order valence-electron chi connectivity index (χ3n) is 9.04. The van der Waals surface area contributed by atoms with Gasteiger partial charge in [-0.1, -0.05) is 18.7 Å². The lowest BCUT2D eigenvalue weighted by Crippen LogP contribution is -2.56. The fourth-order valence-electron chi connectivity index (χ4n) is 7.19. The monoisotopic (exact) mass is 751 g/mol. The van der Waals surface area contributed by atoms with E-state index in [0.717, 1.165) is 30.4 Å². The molecule has 3 aliphatic heterocycles. The van der Waals surface area contributed by atoms with Crippen molar-refractivity contribution < 1.29 is 32.6 Å². The van der Waals surface area contributed by atoms with Gasteiger partial charge in [-0.3, -0.25) is 10.3 Å². The summed E-state index contributed by atoms with van der Waals surface area (Å²) in [6.07, 6.45) is 1.44. The molecule has 2 fully saturated rings. The van der Waals surface area contributed by atoms with E-state index in [4.69, 9.17) is 24.2 Å². The molecule has 2 atom stereocenters. The van der Waals surface area contributed by atoms with Crippen LogP contribution in [0.5, 0.6) is 0 Å². The molecule has 4 aromatic rings. The van der Waals surface area contributed by atoms with E-state index >= 15 is 8.78 Å². The topological polar surface area (TPSA) is 143 Å². The molecule has 1 aromatic carbocycles. The fourth-order valence-corrected chi connectivity index (χ4v) is 8.80. The van der Waals surface area contributed by atoms with Gasteiger partial charge in [-0.15, -0.1) is 11.3 Å². The van der Waals surface area contributed by atoms with E-state index in [-0.39, 0.29) is 68.8 Å². The van der Waals surface area contributed by atoms with Crippen LogP contribution in [0.1, 0.15) is 78.0 Å². The number of hydrogen-bond acceptors (Lipinski definition) is 12. The molecule has 52 heavy (non-hydrogen) atoms. The van der Waals surface area contributed by atoms with Crippen molar-refractivity contribution in [2.24, 2.45) is 0 Å². The molecule has 2 bridgehead atoms. The third-order valence-corrected chi connectivity index (χ3v) is 10.9. The number of nitrogens with one attached hydrogen (secondary N) is 1. The van der Waals surface area contributed by atoms with Crippen LogP contribution in [0.4, 0.5) is 29.2 Å². The second kappa shape index (κ2) is 13.3. The Morgan fingerprint density at radius 1 is 1.06 bits per heavy atom. The lowest BCUT2D eigenvalue weighted by molar-refractivity contribution is 0.0209. The highest BCUT2D eigenvalue weighted by Gasteiger charge is 2.45. The number of halogens is 2. The number of anilines is 2. The molecule has 12 nitrogen and oxygen atoms in total. The van der Waals surface area contributed by atoms with Gasteiger partial charge in [0.1, 0.15) is 33.6 Å². The first-order chi connectivity index (χ1) is 24.6. The Hall–Kier alpha value is -4.33. The fraction of sp³-hybridized carbons (Fsp3) is 0.500. The largest absolute Gasteiger partial charge is 0.444 e. The highest BCUT2D eigenvalue weighted by Crippen LogP contribution is 2.48. The zero-order valence-corrected chi connectivity index (χ0v) is 31.6. The van der Waals surface area contributed by atoms with Gasteiger partial charge < -0.3 is 24.0 Å². The van der Waals surface area contributed by atoms with Crippen LogP contribution in [0, 0.1) is 23.0 Å². The summed E-state index contributed by atoms with van der Waals surface area (Å²) in [4.78, 5) is 43.8. The Morgan fingerprint density at radius 2 is 1.73 bits per heavy atom. The lowest BCUT2D eigenvalue weighted by atomic mass is 9.93. The Labute approximate surface area is 307 Å². The van der Waals surface area contributed by atoms with Crippen LogP contribution in [-0.2, 0) is 27.4 Å². The van der Waals surface area contributed by atoms with E-state index in [9.17, 15) is 14.9 Å². The van der Waals surface area contributed by atoms with Crippen LogP contribution in [0.15, 0.2) is 11.4 Å². The first kappa shape index (κ1) is 36.0. The molecule has 0 spiro atoms. The molecule has 2 saturated heterocycles. The van der Waals surface area contributed by atoms with Gasteiger partial charge in [-0.05, 0) is 71.3 Å². The van der Waals surface area contributed by atoms with E-state index in [1.165, 1.54) is 11.8 Å². The van der Waals surface area contributed by atoms with E-state index in [0.29, 0.717) is 46.3 Å². The van der Waals surface area contributed by atoms with Crippen molar-refractivity contribution in [2.45, 2.75) is 103 Å². The molecule has 16 heteroatoms. The van der Waals surface area contributed by atoms with Crippen LogP contribution >= 0.6 is 23.1 Å². The number of piperazine rings is 1. The van der Waals surface area contributed by atoms with E-state index in [1.807, 2.05) is 27.7 Å². The second-order valence-electron chi connectivity index (χ2n) is 15.0. The van der Waals surface area contributed by atoms with Crippen molar-refractivity contribution in [2.75, 3.05) is 29.1 Å². The molecule has 0 unspecified atom stereocenters. The molecule has 1 N–H and O–H groups in total. The maximum atomic E-state index is 17.4. The SMILES string of the molecule is CCSc1nc(N2[C@@H]3CC[C@H]2CN(C(=O)OC(C)(C)C)C3)c2c3c(c(-c4ncc(F)c5sc(NC(=O)OC(C)(C)C)c(C#N)c45)c(F)c2n1)COC3. The predicted octanol–water partition coefficient (Wildman–Crippen LogP) is 8.13. The molecule has 3 aromatic heterocycles. The van der Waals surface area contributed by atoms with Gasteiger partial charge in [0.15, 0.2) is 16.8 Å². The molecule has 3 aliphatic rings. The molecule has 0 aliphatic carbocycles. The van der Waals surface area contributed by atoms with Crippen molar-refractivity contribution in [1.29, 1.82) is 5.26 Å². The first-order valence-electron chi connectivity index (χ1n) is 17.1. The Balaban J connectivity index is 1.39. The minimum absolute atomic E-state index is 0.0322. The molecule has 6 heterocycles. The van der Waals surface area contributed by atoms with Gasteiger partial charge in [-0.2, -0.15) is 5.26 Å². The van der Waals surface area contributed by atoms with E-state index in [1.54, 1.807) is 25.7 Å². The molecular weight excluding hydrogens is 713 g/mol. The minimum atomic E-state index is -0.818. The number of rotatable bonds is 5. The number of carbonyl (C=O) groups is 2.